The Hall–Kier alpha value is -1.85. The molecule has 2 rings (SSSR count). The van der Waals surface area contributed by atoms with Gasteiger partial charge in [0.1, 0.15) is 0 Å². The molecule has 0 aromatic heterocycles. The lowest BCUT2D eigenvalue weighted by atomic mass is 10.1. The number of rotatable bonds is 4. The van der Waals surface area contributed by atoms with E-state index in [9.17, 15) is 9.59 Å². The maximum atomic E-state index is 11.9. The van der Waals surface area contributed by atoms with Gasteiger partial charge in [-0.2, -0.15) is 0 Å². The van der Waals surface area contributed by atoms with Crippen LogP contribution < -0.4 is 5.32 Å². The number of anilines is 1. The van der Waals surface area contributed by atoms with Gasteiger partial charge in [0.2, 0.25) is 0 Å². The van der Waals surface area contributed by atoms with Gasteiger partial charge in [-0.25, -0.2) is 4.79 Å². The Labute approximate surface area is 147 Å². The van der Waals surface area contributed by atoms with Crippen LogP contribution in [0.3, 0.4) is 0 Å². The van der Waals surface area contributed by atoms with Crippen molar-refractivity contribution in [3.8, 4) is 0 Å². The van der Waals surface area contributed by atoms with E-state index in [1.807, 2.05) is 19.1 Å². The van der Waals surface area contributed by atoms with Crippen molar-refractivity contribution in [3.05, 3.63) is 62.6 Å². The number of carbonyl (C=O) groups excluding carboxylic acids is 2. The molecule has 2 aromatic rings. The summed E-state index contributed by atoms with van der Waals surface area (Å²) in [6, 6.07) is 10.4. The van der Waals surface area contributed by atoms with E-state index in [1.165, 1.54) is 0 Å². The molecule has 0 heterocycles. The Morgan fingerprint density at radius 1 is 1.13 bits per heavy atom. The number of aryl methyl sites for hydroxylation is 1. The lowest BCUT2D eigenvalue weighted by Crippen LogP contribution is -2.21. The SMILES string of the molecule is Cc1ccc(C(=O)OCC(=O)Nc2ccc(Br)c(Cl)c2C)cc1. The molecular formula is C17H15BrClNO3. The van der Waals surface area contributed by atoms with Crippen LogP contribution in [0.1, 0.15) is 21.5 Å². The van der Waals surface area contributed by atoms with E-state index >= 15 is 0 Å². The highest BCUT2D eigenvalue weighted by molar-refractivity contribution is 9.10. The number of carbonyl (C=O) groups is 2. The zero-order valence-electron chi connectivity index (χ0n) is 12.7. The molecule has 0 aliphatic carbocycles. The maximum absolute atomic E-state index is 11.9. The average molecular weight is 397 g/mol. The number of esters is 1. The first-order chi connectivity index (χ1) is 10.9. The van der Waals surface area contributed by atoms with E-state index in [-0.39, 0.29) is 6.61 Å². The van der Waals surface area contributed by atoms with Crippen LogP contribution in [0, 0.1) is 13.8 Å². The fraction of sp³-hybridized carbons (Fsp3) is 0.176. The molecular weight excluding hydrogens is 382 g/mol. The van der Waals surface area contributed by atoms with Crippen molar-refractivity contribution in [2.75, 3.05) is 11.9 Å². The van der Waals surface area contributed by atoms with E-state index in [4.69, 9.17) is 16.3 Å². The molecule has 4 nitrogen and oxygen atoms in total. The van der Waals surface area contributed by atoms with Crippen molar-refractivity contribution in [1.29, 1.82) is 0 Å². The molecule has 1 amide bonds. The molecule has 0 aliphatic rings. The molecule has 0 bridgehead atoms. The number of benzene rings is 2. The van der Waals surface area contributed by atoms with Gasteiger partial charge in [-0.15, -0.1) is 0 Å². The molecule has 0 saturated heterocycles. The lowest BCUT2D eigenvalue weighted by Gasteiger charge is -2.11. The Morgan fingerprint density at radius 2 is 1.78 bits per heavy atom. The second-order valence-corrected chi connectivity index (χ2v) is 6.26. The third-order valence-corrected chi connectivity index (χ3v) is 4.61. The first kappa shape index (κ1) is 17.5. The summed E-state index contributed by atoms with van der Waals surface area (Å²) in [4.78, 5) is 23.8. The number of hydrogen-bond acceptors (Lipinski definition) is 3. The van der Waals surface area contributed by atoms with E-state index < -0.39 is 11.9 Å². The summed E-state index contributed by atoms with van der Waals surface area (Å²) in [6.45, 7) is 3.36. The zero-order chi connectivity index (χ0) is 17.0. The molecule has 0 radical (unpaired) electrons. The maximum Gasteiger partial charge on any atom is 0.338 e. The van der Waals surface area contributed by atoms with Gasteiger partial charge in [-0.1, -0.05) is 29.3 Å². The normalized spacial score (nSPS) is 10.3. The molecule has 0 aliphatic heterocycles. The van der Waals surface area contributed by atoms with Crippen molar-refractivity contribution in [2.24, 2.45) is 0 Å². The Kier molecular flexibility index (Phi) is 5.80. The van der Waals surface area contributed by atoms with Crippen LogP contribution in [0.4, 0.5) is 5.69 Å². The second kappa shape index (κ2) is 7.62. The van der Waals surface area contributed by atoms with Crippen LogP contribution in [-0.2, 0) is 9.53 Å². The minimum Gasteiger partial charge on any atom is -0.452 e. The largest absolute Gasteiger partial charge is 0.452 e. The molecule has 0 saturated carbocycles. The van der Waals surface area contributed by atoms with Crippen molar-refractivity contribution >= 4 is 45.1 Å². The predicted molar refractivity (Wildman–Crippen MR) is 94.0 cm³/mol. The highest BCUT2D eigenvalue weighted by Gasteiger charge is 2.12. The minimum absolute atomic E-state index is 0.361. The molecule has 0 unspecified atom stereocenters. The molecule has 0 fully saturated rings. The molecule has 0 atom stereocenters. The Balaban J connectivity index is 1.94. The minimum atomic E-state index is -0.536. The van der Waals surface area contributed by atoms with E-state index in [0.717, 1.165) is 15.6 Å². The summed E-state index contributed by atoms with van der Waals surface area (Å²) in [6.07, 6.45) is 0. The van der Waals surface area contributed by atoms with Crippen LogP contribution >= 0.6 is 27.5 Å². The van der Waals surface area contributed by atoms with Crippen molar-refractivity contribution in [3.63, 3.8) is 0 Å². The van der Waals surface area contributed by atoms with E-state index in [2.05, 4.69) is 21.2 Å². The van der Waals surface area contributed by atoms with Gasteiger partial charge in [0.15, 0.2) is 6.61 Å². The first-order valence-corrected chi connectivity index (χ1v) is 8.04. The summed E-state index contributed by atoms with van der Waals surface area (Å²) < 4.78 is 5.75. The highest BCUT2D eigenvalue weighted by Crippen LogP contribution is 2.30. The van der Waals surface area contributed by atoms with Gasteiger partial charge in [0.25, 0.3) is 5.91 Å². The van der Waals surface area contributed by atoms with Crippen LogP contribution in [0.15, 0.2) is 40.9 Å². The molecule has 1 N–H and O–H groups in total. The third kappa shape index (κ3) is 4.56. The number of halogens is 2. The Morgan fingerprint density at radius 3 is 2.43 bits per heavy atom. The molecule has 2 aromatic carbocycles. The first-order valence-electron chi connectivity index (χ1n) is 6.86. The van der Waals surface area contributed by atoms with Crippen molar-refractivity contribution < 1.29 is 14.3 Å². The lowest BCUT2D eigenvalue weighted by molar-refractivity contribution is -0.119. The number of nitrogens with one attached hydrogen (secondary N) is 1. The zero-order valence-corrected chi connectivity index (χ0v) is 15.0. The summed E-state index contributed by atoms with van der Waals surface area (Å²) >= 11 is 9.42. The summed E-state index contributed by atoms with van der Waals surface area (Å²) in [5, 5.41) is 3.20. The number of hydrogen-bond donors (Lipinski definition) is 1. The van der Waals surface area contributed by atoms with Gasteiger partial charge in [-0.3, -0.25) is 4.79 Å². The molecule has 120 valence electrons. The summed E-state index contributed by atoms with van der Waals surface area (Å²) in [5.74, 6) is -0.960. The second-order valence-electron chi connectivity index (χ2n) is 5.02. The topological polar surface area (TPSA) is 55.4 Å². The fourth-order valence-corrected chi connectivity index (χ4v) is 2.47. The van der Waals surface area contributed by atoms with E-state index in [1.54, 1.807) is 31.2 Å². The van der Waals surface area contributed by atoms with Crippen LogP contribution in [-0.4, -0.2) is 18.5 Å². The highest BCUT2D eigenvalue weighted by atomic mass is 79.9. The summed E-state index contributed by atoms with van der Waals surface area (Å²) in [7, 11) is 0. The molecule has 6 heteroatoms. The van der Waals surface area contributed by atoms with Crippen molar-refractivity contribution in [1.82, 2.24) is 0 Å². The number of ether oxygens (including phenoxy) is 1. The Bertz CT molecular complexity index is 744. The van der Waals surface area contributed by atoms with Crippen LogP contribution in [0.5, 0.6) is 0 Å². The van der Waals surface area contributed by atoms with Gasteiger partial charge in [0, 0.05) is 10.2 Å². The van der Waals surface area contributed by atoms with E-state index in [0.29, 0.717) is 16.3 Å². The van der Waals surface area contributed by atoms with Crippen LogP contribution in [0.25, 0.3) is 0 Å². The molecule has 23 heavy (non-hydrogen) atoms. The van der Waals surface area contributed by atoms with Gasteiger partial charge < -0.3 is 10.1 Å². The summed E-state index contributed by atoms with van der Waals surface area (Å²) in [5.41, 5.74) is 2.77. The monoisotopic (exact) mass is 395 g/mol. The molecule has 0 spiro atoms. The van der Waals surface area contributed by atoms with Gasteiger partial charge >= 0.3 is 5.97 Å². The fourth-order valence-electron chi connectivity index (χ4n) is 1.88. The quantitative estimate of drug-likeness (QED) is 0.773. The standard InChI is InChI=1S/C17H15BrClNO3/c1-10-3-5-12(6-4-10)17(22)23-9-15(21)20-14-8-7-13(18)16(19)11(14)2/h3-8H,9H2,1-2H3,(H,20,21). The third-order valence-electron chi connectivity index (χ3n) is 3.23. The predicted octanol–water partition coefficient (Wildman–Crippen LogP) is 4.51. The smallest absolute Gasteiger partial charge is 0.338 e. The van der Waals surface area contributed by atoms with Gasteiger partial charge in [-0.05, 0) is 59.6 Å². The van der Waals surface area contributed by atoms with Crippen LogP contribution in [0.2, 0.25) is 5.02 Å². The van der Waals surface area contributed by atoms with Crippen molar-refractivity contribution in [2.45, 2.75) is 13.8 Å². The average Bonchev–Trinajstić information content (AvgIpc) is 2.54. The number of amides is 1. The van der Waals surface area contributed by atoms with Gasteiger partial charge in [0.05, 0.1) is 10.6 Å².